The summed E-state index contributed by atoms with van der Waals surface area (Å²) in [6.07, 6.45) is 4.47. The second kappa shape index (κ2) is 3.42. The Labute approximate surface area is 96.3 Å². The van der Waals surface area contributed by atoms with Crippen molar-refractivity contribution < 1.29 is 4.79 Å². The number of benzene rings is 1. The Morgan fingerprint density at radius 3 is 2.38 bits per heavy atom. The van der Waals surface area contributed by atoms with Gasteiger partial charge in [0.05, 0.1) is 5.54 Å². The molecule has 0 radical (unpaired) electrons. The van der Waals surface area contributed by atoms with Gasteiger partial charge in [-0.15, -0.1) is 0 Å². The highest BCUT2D eigenvalue weighted by atomic mass is 16.1. The van der Waals surface area contributed by atoms with Crippen LogP contribution in [0.15, 0.2) is 30.3 Å². The van der Waals surface area contributed by atoms with Gasteiger partial charge < -0.3 is 0 Å². The molecule has 1 aromatic carbocycles. The van der Waals surface area contributed by atoms with E-state index in [1.807, 2.05) is 30.3 Å². The van der Waals surface area contributed by atoms with Crippen molar-refractivity contribution in [2.24, 2.45) is 0 Å². The Kier molecular flexibility index (Phi) is 2.15. The van der Waals surface area contributed by atoms with Crippen LogP contribution in [0.25, 0.3) is 0 Å². The van der Waals surface area contributed by atoms with Crippen LogP contribution in [0.4, 0.5) is 0 Å². The van der Waals surface area contributed by atoms with Crippen LogP contribution in [-0.4, -0.2) is 29.3 Å². The van der Waals surface area contributed by atoms with E-state index in [1.54, 1.807) is 0 Å². The number of rotatable bonds is 2. The molecule has 84 valence electrons. The Bertz CT molecular complexity index is 404. The van der Waals surface area contributed by atoms with Gasteiger partial charge in [0, 0.05) is 11.6 Å². The van der Waals surface area contributed by atoms with Crippen LogP contribution in [0.2, 0.25) is 0 Å². The van der Waals surface area contributed by atoms with E-state index in [1.165, 1.54) is 12.8 Å². The van der Waals surface area contributed by atoms with Crippen LogP contribution < -0.4 is 0 Å². The van der Waals surface area contributed by atoms with E-state index < -0.39 is 0 Å². The number of nitrogens with zero attached hydrogens (tertiary/aromatic N) is 1. The van der Waals surface area contributed by atoms with Crippen molar-refractivity contribution in [3.63, 3.8) is 0 Å². The monoisotopic (exact) mass is 215 g/mol. The maximum atomic E-state index is 12.6. The molecule has 1 aromatic rings. The second-order valence-electron chi connectivity index (χ2n) is 5.07. The molecule has 0 spiro atoms. The zero-order chi connectivity index (χ0) is 11.2. The van der Waals surface area contributed by atoms with Crippen LogP contribution in [0, 0.1) is 0 Å². The Morgan fingerprint density at radius 2 is 1.88 bits per heavy atom. The number of hydrogen-bond donors (Lipinski definition) is 0. The van der Waals surface area contributed by atoms with Crippen molar-refractivity contribution in [1.29, 1.82) is 0 Å². The number of carbonyl (C=O) groups is 1. The van der Waals surface area contributed by atoms with Gasteiger partial charge in [0.1, 0.15) is 0 Å². The second-order valence-corrected chi connectivity index (χ2v) is 5.07. The lowest BCUT2D eigenvalue weighted by Gasteiger charge is -2.30. The van der Waals surface area contributed by atoms with Gasteiger partial charge in [-0.05, 0) is 32.7 Å². The molecular formula is C14H17NO. The van der Waals surface area contributed by atoms with Crippen LogP contribution in [0.1, 0.15) is 36.0 Å². The third-order valence-electron chi connectivity index (χ3n) is 4.46. The third kappa shape index (κ3) is 1.20. The van der Waals surface area contributed by atoms with Crippen LogP contribution in [0.5, 0.6) is 0 Å². The predicted octanol–water partition coefficient (Wildman–Crippen LogP) is 2.50. The average molecular weight is 215 g/mol. The zero-order valence-electron chi connectivity index (χ0n) is 9.65. The number of fused-ring (bicyclic) bond motifs is 2. The minimum absolute atomic E-state index is 0.175. The first-order valence-electron chi connectivity index (χ1n) is 6.07. The Hall–Kier alpha value is -1.15. The van der Waals surface area contributed by atoms with Crippen molar-refractivity contribution in [2.45, 2.75) is 37.3 Å². The van der Waals surface area contributed by atoms with Crippen molar-refractivity contribution in [1.82, 2.24) is 4.90 Å². The SMILES string of the molecule is CN1C2CCC1(C(=O)c1ccccc1)CC2. The summed E-state index contributed by atoms with van der Waals surface area (Å²) in [6, 6.07) is 10.4. The molecule has 2 bridgehead atoms. The van der Waals surface area contributed by atoms with Gasteiger partial charge in [-0.3, -0.25) is 9.69 Å². The maximum absolute atomic E-state index is 12.6. The number of likely N-dealkylation sites (N-methyl/N-ethyl adjacent to an activating group) is 1. The molecule has 2 nitrogen and oxygen atoms in total. The molecule has 2 aliphatic heterocycles. The summed E-state index contributed by atoms with van der Waals surface area (Å²) in [7, 11) is 2.12. The molecule has 0 N–H and O–H groups in total. The first-order valence-corrected chi connectivity index (χ1v) is 6.07. The van der Waals surface area contributed by atoms with Gasteiger partial charge in [-0.2, -0.15) is 0 Å². The number of hydrogen-bond acceptors (Lipinski definition) is 2. The lowest BCUT2D eigenvalue weighted by Crippen LogP contribution is -2.45. The fourth-order valence-corrected chi connectivity index (χ4v) is 3.42. The Balaban J connectivity index is 1.96. The van der Waals surface area contributed by atoms with Crippen molar-refractivity contribution in [3.05, 3.63) is 35.9 Å². The van der Waals surface area contributed by atoms with Gasteiger partial charge >= 0.3 is 0 Å². The minimum Gasteiger partial charge on any atom is -0.292 e. The normalized spacial score (nSPS) is 33.2. The highest BCUT2D eigenvalue weighted by Crippen LogP contribution is 2.46. The van der Waals surface area contributed by atoms with E-state index >= 15 is 0 Å². The van der Waals surface area contributed by atoms with Crippen molar-refractivity contribution >= 4 is 5.78 Å². The van der Waals surface area contributed by atoms with Crippen LogP contribution in [0.3, 0.4) is 0 Å². The predicted molar refractivity (Wildman–Crippen MR) is 63.5 cm³/mol. The summed E-state index contributed by atoms with van der Waals surface area (Å²) in [6.45, 7) is 0. The zero-order valence-corrected chi connectivity index (χ0v) is 9.65. The van der Waals surface area contributed by atoms with E-state index in [0.29, 0.717) is 11.8 Å². The topological polar surface area (TPSA) is 20.3 Å². The van der Waals surface area contributed by atoms with Crippen LogP contribution in [-0.2, 0) is 0 Å². The lowest BCUT2D eigenvalue weighted by atomic mass is 9.81. The number of carbonyl (C=O) groups excluding carboxylic acids is 1. The van der Waals surface area contributed by atoms with Crippen LogP contribution >= 0.6 is 0 Å². The minimum atomic E-state index is -0.175. The van der Waals surface area contributed by atoms with Gasteiger partial charge in [0.25, 0.3) is 0 Å². The van der Waals surface area contributed by atoms with Gasteiger partial charge in [-0.1, -0.05) is 30.3 Å². The molecule has 2 fully saturated rings. The molecule has 0 amide bonds. The highest BCUT2D eigenvalue weighted by Gasteiger charge is 2.54. The van der Waals surface area contributed by atoms with E-state index in [2.05, 4.69) is 11.9 Å². The van der Waals surface area contributed by atoms with E-state index in [4.69, 9.17) is 0 Å². The van der Waals surface area contributed by atoms with E-state index in [9.17, 15) is 4.79 Å². The van der Waals surface area contributed by atoms with E-state index in [-0.39, 0.29) is 5.54 Å². The highest BCUT2D eigenvalue weighted by molar-refractivity contribution is 6.03. The summed E-state index contributed by atoms with van der Waals surface area (Å²) in [5.41, 5.74) is 0.698. The molecular weight excluding hydrogens is 198 g/mol. The summed E-state index contributed by atoms with van der Waals surface area (Å²) in [4.78, 5) is 14.9. The maximum Gasteiger partial charge on any atom is 0.183 e. The third-order valence-corrected chi connectivity index (χ3v) is 4.46. The van der Waals surface area contributed by atoms with Gasteiger partial charge in [-0.25, -0.2) is 0 Å². The largest absolute Gasteiger partial charge is 0.292 e. The summed E-state index contributed by atoms with van der Waals surface area (Å²) < 4.78 is 0. The molecule has 0 unspecified atom stereocenters. The summed E-state index contributed by atoms with van der Waals surface area (Å²) >= 11 is 0. The fourth-order valence-electron chi connectivity index (χ4n) is 3.42. The Morgan fingerprint density at radius 1 is 1.25 bits per heavy atom. The molecule has 0 atom stereocenters. The first kappa shape index (κ1) is 10.0. The molecule has 2 saturated heterocycles. The average Bonchev–Trinajstić information content (AvgIpc) is 2.84. The number of ketones is 1. The standard InChI is InChI=1S/C14H17NO/c1-15-12-7-9-14(15,10-8-12)13(16)11-5-3-2-4-6-11/h2-6,12H,7-10H2,1H3. The van der Waals surface area contributed by atoms with Crippen molar-refractivity contribution in [2.75, 3.05) is 7.05 Å². The number of Topliss-reactive ketones (excluding diaryl/α,β-unsaturated/α-hetero) is 1. The summed E-state index contributed by atoms with van der Waals surface area (Å²) in [5, 5.41) is 0. The molecule has 2 heterocycles. The molecule has 2 aliphatic rings. The van der Waals surface area contributed by atoms with Gasteiger partial charge in [0.15, 0.2) is 5.78 Å². The lowest BCUT2D eigenvalue weighted by molar-refractivity contribution is 0.0752. The molecule has 16 heavy (non-hydrogen) atoms. The smallest absolute Gasteiger partial charge is 0.183 e. The first-order chi connectivity index (χ1) is 7.74. The van der Waals surface area contributed by atoms with Crippen molar-refractivity contribution in [3.8, 4) is 0 Å². The fraction of sp³-hybridized carbons (Fsp3) is 0.500. The van der Waals surface area contributed by atoms with Gasteiger partial charge in [0.2, 0.25) is 0 Å². The molecule has 0 aliphatic carbocycles. The molecule has 2 heteroatoms. The quantitative estimate of drug-likeness (QED) is 0.706. The molecule has 0 aromatic heterocycles. The van der Waals surface area contributed by atoms with E-state index in [0.717, 1.165) is 18.4 Å². The molecule has 0 saturated carbocycles. The summed E-state index contributed by atoms with van der Waals surface area (Å²) in [5.74, 6) is 0.329. The molecule has 3 rings (SSSR count).